The van der Waals surface area contributed by atoms with E-state index >= 15 is 0 Å². The van der Waals surface area contributed by atoms with E-state index in [9.17, 15) is 9.59 Å². The first-order valence-corrected chi connectivity index (χ1v) is 11.3. The lowest BCUT2D eigenvalue weighted by atomic mass is 10.1. The number of amides is 1. The van der Waals surface area contributed by atoms with Gasteiger partial charge in [0.15, 0.2) is 0 Å². The lowest BCUT2D eigenvalue weighted by molar-refractivity contribution is -0.129. The molecule has 0 spiro atoms. The van der Waals surface area contributed by atoms with E-state index in [0.29, 0.717) is 30.8 Å². The predicted octanol–water partition coefficient (Wildman–Crippen LogP) is 3.03. The Labute approximate surface area is 194 Å². The number of aryl methyl sites for hydroxylation is 1. The first-order valence-electron chi connectivity index (χ1n) is 10.2. The number of piperazine rings is 1. The maximum atomic E-state index is 13.4. The zero-order chi connectivity index (χ0) is 22.1. The van der Waals surface area contributed by atoms with E-state index in [1.807, 2.05) is 42.2 Å². The third-order valence-electron chi connectivity index (χ3n) is 5.78. The Morgan fingerprint density at radius 1 is 1.13 bits per heavy atom. The van der Waals surface area contributed by atoms with Gasteiger partial charge in [-0.05, 0) is 59.3 Å². The van der Waals surface area contributed by atoms with Gasteiger partial charge in [-0.1, -0.05) is 12.1 Å². The zero-order valence-corrected chi connectivity index (χ0v) is 20.0. The number of fused-ring (bicyclic) bond motifs is 1. The van der Waals surface area contributed by atoms with Crippen molar-refractivity contribution in [2.24, 2.45) is 0 Å². The third-order valence-corrected chi connectivity index (χ3v) is 6.60. The molecule has 0 bridgehead atoms. The minimum atomic E-state index is -0.0412. The molecular weight excluding hydrogens is 507 g/mol. The average Bonchev–Trinajstić information content (AvgIpc) is 2.77. The van der Waals surface area contributed by atoms with Crippen molar-refractivity contribution in [3.8, 4) is 5.75 Å². The van der Waals surface area contributed by atoms with E-state index in [4.69, 9.17) is 9.72 Å². The summed E-state index contributed by atoms with van der Waals surface area (Å²) in [6, 6.07) is 11.7. The summed E-state index contributed by atoms with van der Waals surface area (Å²) in [5.41, 5.74) is 2.71. The second-order valence-corrected chi connectivity index (χ2v) is 8.88. The number of hydrogen-bond acceptors (Lipinski definition) is 5. The molecule has 0 unspecified atom stereocenters. The highest BCUT2D eigenvalue weighted by molar-refractivity contribution is 14.1. The van der Waals surface area contributed by atoms with Crippen LogP contribution in [0.2, 0.25) is 0 Å². The number of aromatic nitrogens is 2. The molecular formula is C23H25IN4O3. The van der Waals surface area contributed by atoms with Gasteiger partial charge in [0.2, 0.25) is 5.91 Å². The fourth-order valence-electron chi connectivity index (χ4n) is 3.94. The van der Waals surface area contributed by atoms with E-state index in [0.717, 1.165) is 39.2 Å². The van der Waals surface area contributed by atoms with E-state index in [1.165, 1.54) is 0 Å². The Kier molecular flexibility index (Phi) is 6.17. The Balaban J connectivity index is 1.69. The van der Waals surface area contributed by atoms with Crippen LogP contribution in [0.5, 0.6) is 5.75 Å². The van der Waals surface area contributed by atoms with Gasteiger partial charge in [0.1, 0.15) is 11.6 Å². The lowest BCUT2D eigenvalue weighted by Gasteiger charge is -2.35. The highest BCUT2D eigenvalue weighted by Gasteiger charge is 2.21. The summed E-state index contributed by atoms with van der Waals surface area (Å²) < 4.78 is 7.89. The topological polar surface area (TPSA) is 67.7 Å². The average molecular weight is 532 g/mol. The highest BCUT2D eigenvalue weighted by Crippen LogP contribution is 2.26. The first kappa shape index (κ1) is 21.6. The molecule has 1 saturated heterocycles. The fourth-order valence-corrected chi connectivity index (χ4v) is 4.67. The molecule has 1 aromatic heterocycles. The molecule has 0 atom stereocenters. The van der Waals surface area contributed by atoms with Crippen LogP contribution < -0.4 is 15.2 Å². The highest BCUT2D eigenvalue weighted by atomic mass is 127. The molecule has 1 fully saturated rings. The van der Waals surface area contributed by atoms with Crippen molar-refractivity contribution in [1.82, 2.24) is 14.5 Å². The summed E-state index contributed by atoms with van der Waals surface area (Å²) in [5.74, 6) is 1.58. The number of benzene rings is 2. The first-order chi connectivity index (χ1) is 14.9. The van der Waals surface area contributed by atoms with Crippen molar-refractivity contribution in [3.63, 3.8) is 0 Å². The van der Waals surface area contributed by atoms with Crippen LogP contribution in [-0.2, 0) is 11.3 Å². The van der Waals surface area contributed by atoms with Gasteiger partial charge < -0.3 is 14.5 Å². The summed E-state index contributed by atoms with van der Waals surface area (Å²) >= 11 is 2.26. The van der Waals surface area contributed by atoms with Gasteiger partial charge in [-0.3, -0.25) is 14.2 Å². The number of halogens is 1. The molecule has 2 aromatic carbocycles. The molecule has 0 radical (unpaired) electrons. The Hall–Kier alpha value is -2.62. The molecule has 7 nitrogen and oxygen atoms in total. The fraction of sp³-hybridized carbons (Fsp3) is 0.348. The van der Waals surface area contributed by atoms with Gasteiger partial charge in [-0.15, -0.1) is 0 Å². The molecule has 0 N–H and O–H groups in total. The molecule has 31 heavy (non-hydrogen) atoms. The van der Waals surface area contributed by atoms with Gasteiger partial charge in [0.05, 0.1) is 24.6 Å². The number of anilines is 1. The SMILES string of the molecule is COc1ccc(Cn2c(C)nc3c(I)cc(N4CCN(C(C)=O)CC4)cc3c2=O)cc1. The number of carbonyl (C=O) groups excluding carboxylic acids is 1. The van der Waals surface area contributed by atoms with Crippen LogP contribution in [0.1, 0.15) is 18.3 Å². The second-order valence-electron chi connectivity index (χ2n) is 7.72. The maximum absolute atomic E-state index is 13.4. The smallest absolute Gasteiger partial charge is 0.261 e. The van der Waals surface area contributed by atoms with Crippen LogP contribution in [0.15, 0.2) is 41.2 Å². The van der Waals surface area contributed by atoms with Crippen LogP contribution >= 0.6 is 22.6 Å². The quantitative estimate of drug-likeness (QED) is 0.484. The summed E-state index contributed by atoms with van der Waals surface area (Å²) in [6.07, 6.45) is 0. The summed E-state index contributed by atoms with van der Waals surface area (Å²) in [6.45, 7) is 6.82. The lowest BCUT2D eigenvalue weighted by Crippen LogP contribution is -2.48. The number of rotatable bonds is 4. The molecule has 0 aliphatic carbocycles. The van der Waals surface area contributed by atoms with Gasteiger partial charge in [0.25, 0.3) is 5.56 Å². The van der Waals surface area contributed by atoms with Crippen molar-refractivity contribution in [1.29, 1.82) is 0 Å². The Bertz CT molecular complexity index is 1180. The Morgan fingerprint density at radius 3 is 2.42 bits per heavy atom. The third kappa shape index (κ3) is 4.39. The summed E-state index contributed by atoms with van der Waals surface area (Å²) in [4.78, 5) is 33.9. The Morgan fingerprint density at radius 2 is 1.81 bits per heavy atom. The number of carbonyl (C=O) groups is 1. The minimum Gasteiger partial charge on any atom is -0.497 e. The van der Waals surface area contributed by atoms with Gasteiger partial charge in [-0.2, -0.15) is 0 Å². The van der Waals surface area contributed by atoms with Gasteiger partial charge in [-0.25, -0.2) is 4.98 Å². The standard InChI is InChI=1S/C23H25IN4O3/c1-15-25-22-20(23(30)28(15)14-17-4-6-19(31-3)7-5-17)12-18(13-21(22)24)27-10-8-26(9-11-27)16(2)29/h4-7,12-13H,8-11,14H2,1-3H3. The van der Waals surface area contributed by atoms with Crippen molar-refractivity contribution in [3.05, 3.63) is 61.7 Å². The van der Waals surface area contributed by atoms with E-state index in [-0.39, 0.29) is 11.5 Å². The monoisotopic (exact) mass is 532 g/mol. The van der Waals surface area contributed by atoms with E-state index < -0.39 is 0 Å². The van der Waals surface area contributed by atoms with Crippen molar-refractivity contribution >= 4 is 45.1 Å². The second kappa shape index (κ2) is 8.86. The van der Waals surface area contributed by atoms with E-state index in [1.54, 1.807) is 18.6 Å². The predicted molar refractivity (Wildman–Crippen MR) is 130 cm³/mol. The largest absolute Gasteiger partial charge is 0.497 e. The van der Waals surface area contributed by atoms with Crippen molar-refractivity contribution < 1.29 is 9.53 Å². The van der Waals surface area contributed by atoms with Crippen LogP contribution in [0.25, 0.3) is 10.9 Å². The van der Waals surface area contributed by atoms with E-state index in [2.05, 4.69) is 33.6 Å². The van der Waals surface area contributed by atoms with Crippen LogP contribution in [0, 0.1) is 10.5 Å². The molecule has 1 aliphatic rings. The number of methoxy groups -OCH3 is 1. The molecule has 2 heterocycles. The molecule has 1 amide bonds. The molecule has 162 valence electrons. The maximum Gasteiger partial charge on any atom is 0.261 e. The number of hydrogen-bond donors (Lipinski definition) is 0. The molecule has 3 aromatic rings. The van der Waals surface area contributed by atoms with Crippen molar-refractivity contribution in [2.75, 3.05) is 38.2 Å². The molecule has 0 saturated carbocycles. The molecule has 1 aliphatic heterocycles. The minimum absolute atomic E-state index is 0.0412. The molecule has 4 rings (SSSR count). The normalized spacial score (nSPS) is 14.2. The van der Waals surface area contributed by atoms with Crippen LogP contribution in [0.4, 0.5) is 5.69 Å². The van der Waals surface area contributed by atoms with Gasteiger partial charge >= 0.3 is 0 Å². The van der Waals surface area contributed by atoms with Crippen LogP contribution in [0.3, 0.4) is 0 Å². The number of nitrogens with zero attached hydrogens (tertiary/aromatic N) is 4. The van der Waals surface area contributed by atoms with Crippen LogP contribution in [-0.4, -0.2) is 53.6 Å². The summed E-state index contributed by atoms with van der Waals surface area (Å²) in [5, 5.41) is 0.620. The van der Waals surface area contributed by atoms with Crippen molar-refractivity contribution in [2.45, 2.75) is 20.4 Å². The molecule has 8 heteroatoms. The zero-order valence-electron chi connectivity index (χ0n) is 17.9. The number of ether oxygens (including phenoxy) is 1. The summed E-state index contributed by atoms with van der Waals surface area (Å²) in [7, 11) is 1.64. The van der Waals surface area contributed by atoms with Gasteiger partial charge in [0, 0.05) is 42.4 Å².